The van der Waals surface area contributed by atoms with Gasteiger partial charge in [-0.05, 0) is 77.6 Å². The van der Waals surface area contributed by atoms with E-state index in [4.69, 9.17) is 24.1 Å². The van der Waals surface area contributed by atoms with E-state index in [9.17, 15) is 24.3 Å². The molecule has 0 spiro atoms. The van der Waals surface area contributed by atoms with Gasteiger partial charge in [-0.2, -0.15) is 0 Å². The summed E-state index contributed by atoms with van der Waals surface area (Å²) in [5, 5.41) is 19.0. The second kappa shape index (κ2) is 14.3. The molecule has 2 N–H and O–H groups in total. The molecule has 7 rings (SSSR count). The number of ether oxygens (including phenoxy) is 4. The molecule has 3 aliphatic carbocycles. The fraction of sp³-hybridized carbons (Fsp3) is 0.317. The van der Waals surface area contributed by atoms with Gasteiger partial charge in [0, 0.05) is 41.5 Å². The fourth-order valence-electron chi connectivity index (χ4n) is 7.53. The highest BCUT2D eigenvalue weighted by Crippen LogP contribution is 2.57. The van der Waals surface area contributed by atoms with E-state index in [-0.39, 0.29) is 18.0 Å². The Bertz CT molecular complexity index is 2060. The summed E-state index contributed by atoms with van der Waals surface area (Å²) in [6, 6.07) is 18.8. The van der Waals surface area contributed by atoms with Gasteiger partial charge in [-0.25, -0.2) is 0 Å². The summed E-state index contributed by atoms with van der Waals surface area (Å²) in [4.78, 5) is 47.3. The van der Waals surface area contributed by atoms with Crippen molar-refractivity contribution in [2.45, 2.75) is 56.8 Å². The molecule has 51 heavy (non-hydrogen) atoms. The van der Waals surface area contributed by atoms with Gasteiger partial charge in [0.25, 0.3) is 0 Å². The van der Waals surface area contributed by atoms with Crippen LogP contribution in [0.15, 0.2) is 60.7 Å². The zero-order valence-electron chi connectivity index (χ0n) is 29.1. The van der Waals surface area contributed by atoms with Crippen molar-refractivity contribution < 1.29 is 48.3 Å². The van der Waals surface area contributed by atoms with Crippen LogP contribution >= 0.6 is 0 Å². The molecule has 0 bridgehead atoms. The van der Waals surface area contributed by atoms with E-state index in [1.165, 1.54) is 7.11 Å². The van der Waals surface area contributed by atoms with E-state index in [0.717, 1.165) is 50.1 Å². The third-order valence-electron chi connectivity index (χ3n) is 10.2. The van der Waals surface area contributed by atoms with Gasteiger partial charge in [0.1, 0.15) is 0 Å². The maximum atomic E-state index is 12.1. The van der Waals surface area contributed by atoms with Crippen LogP contribution in [0.3, 0.4) is 0 Å². The first-order chi connectivity index (χ1) is 24.6. The van der Waals surface area contributed by atoms with E-state index < -0.39 is 17.4 Å². The minimum atomic E-state index is -0.958. The van der Waals surface area contributed by atoms with Gasteiger partial charge in [0.2, 0.25) is 0 Å². The number of carboxylic acids is 2. The second-order valence-corrected chi connectivity index (χ2v) is 12.8. The summed E-state index contributed by atoms with van der Waals surface area (Å²) >= 11 is 0. The smallest absolute Gasteiger partial charge is 0.314 e. The Balaban J connectivity index is 0.000000176. The van der Waals surface area contributed by atoms with Crippen LogP contribution in [0.1, 0.15) is 75.1 Å². The van der Waals surface area contributed by atoms with Gasteiger partial charge in [-0.15, -0.1) is 0 Å². The Kier molecular flexibility index (Phi) is 9.87. The zero-order valence-corrected chi connectivity index (χ0v) is 29.1. The lowest BCUT2D eigenvalue weighted by atomic mass is 9.84. The molecule has 0 heterocycles. The van der Waals surface area contributed by atoms with E-state index in [0.29, 0.717) is 73.5 Å². The molecule has 0 unspecified atom stereocenters. The quantitative estimate of drug-likeness (QED) is 0.166. The second-order valence-electron chi connectivity index (χ2n) is 12.8. The Morgan fingerprint density at radius 2 is 1.10 bits per heavy atom. The summed E-state index contributed by atoms with van der Waals surface area (Å²) in [6.07, 6.45) is 3.84. The number of fused-ring (bicyclic) bond motifs is 2. The first-order valence-electron chi connectivity index (χ1n) is 16.9. The normalized spacial score (nSPS) is 14.9. The summed E-state index contributed by atoms with van der Waals surface area (Å²) in [6.45, 7) is 0. The number of carbonyl (C=O) groups is 4. The van der Waals surface area contributed by atoms with Gasteiger partial charge < -0.3 is 29.2 Å². The predicted molar refractivity (Wildman–Crippen MR) is 190 cm³/mol. The van der Waals surface area contributed by atoms with Crippen LogP contribution in [-0.4, -0.2) is 62.2 Å². The standard InChI is InChI=1S/C21H20O5.C20H20O5/c1-25-17-9-7-15(12-4-3-5-14-13(12)6-8-16(14)22)18(19(17)26-2)21(10-11-21)20(23)24;1-24-18-10-7-14(16(20(18)25-2)8-11-19(22)23)12-4-3-5-15-13(12)6-9-17(15)21/h3-5,7,9H,6,8,10-11H2,1-2H3,(H,23,24);3-5,7,10H,6,8-9,11H2,1-2H3,(H,22,23). The van der Waals surface area contributed by atoms with Gasteiger partial charge >= 0.3 is 11.9 Å². The minimum absolute atomic E-state index is 0.00944. The highest BCUT2D eigenvalue weighted by molar-refractivity contribution is 6.04. The molecule has 0 aromatic heterocycles. The Morgan fingerprint density at radius 3 is 1.57 bits per heavy atom. The van der Waals surface area contributed by atoms with Crippen LogP contribution in [0.4, 0.5) is 0 Å². The molecule has 0 saturated heterocycles. The number of hydrogen-bond donors (Lipinski definition) is 2. The molecule has 0 aliphatic heterocycles. The Morgan fingerprint density at radius 1 is 0.608 bits per heavy atom. The number of carbonyl (C=O) groups excluding carboxylic acids is 2. The van der Waals surface area contributed by atoms with E-state index in [1.54, 1.807) is 27.4 Å². The third-order valence-corrected chi connectivity index (χ3v) is 10.2. The van der Waals surface area contributed by atoms with E-state index in [2.05, 4.69) is 0 Å². The summed E-state index contributed by atoms with van der Waals surface area (Å²) < 4.78 is 21.9. The number of aliphatic carboxylic acids is 2. The summed E-state index contributed by atoms with van der Waals surface area (Å²) in [5.74, 6) is 0.665. The van der Waals surface area contributed by atoms with Crippen LogP contribution < -0.4 is 18.9 Å². The number of methoxy groups -OCH3 is 4. The molecular formula is C41H40O10. The van der Waals surface area contributed by atoms with Crippen molar-refractivity contribution in [3.63, 3.8) is 0 Å². The van der Waals surface area contributed by atoms with Crippen LogP contribution in [0, 0.1) is 0 Å². The number of benzene rings is 4. The predicted octanol–water partition coefficient (Wildman–Crippen LogP) is 7.13. The van der Waals surface area contributed by atoms with Crippen molar-refractivity contribution in [3.05, 3.63) is 94.0 Å². The van der Waals surface area contributed by atoms with Crippen LogP contribution in [0.5, 0.6) is 23.0 Å². The molecule has 0 amide bonds. The molecule has 264 valence electrons. The molecule has 10 nitrogen and oxygen atoms in total. The zero-order chi connectivity index (χ0) is 36.4. The SMILES string of the molecule is COc1ccc(-c2cccc3c2CCC3=O)c(C2(C(=O)O)CC2)c1OC.COc1ccc(-c2cccc3c2CCC3=O)c(CCC(=O)O)c1OC. The lowest BCUT2D eigenvalue weighted by Crippen LogP contribution is -2.22. The molecular weight excluding hydrogens is 652 g/mol. The summed E-state index contributed by atoms with van der Waals surface area (Å²) in [7, 11) is 6.17. The highest BCUT2D eigenvalue weighted by Gasteiger charge is 2.55. The van der Waals surface area contributed by atoms with Crippen molar-refractivity contribution in [2.75, 3.05) is 28.4 Å². The fourth-order valence-corrected chi connectivity index (χ4v) is 7.53. The molecule has 0 atom stereocenters. The molecule has 1 saturated carbocycles. The minimum Gasteiger partial charge on any atom is -0.493 e. The molecule has 3 aliphatic rings. The Hall–Kier alpha value is -5.64. The van der Waals surface area contributed by atoms with Crippen LogP contribution in [0.2, 0.25) is 0 Å². The number of rotatable bonds is 11. The van der Waals surface area contributed by atoms with Crippen molar-refractivity contribution >= 4 is 23.5 Å². The topological polar surface area (TPSA) is 146 Å². The van der Waals surface area contributed by atoms with Crippen molar-refractivity contribution in [1.82, 2.24) is 0 Å². The van der Waals surface area contributed by atoms with Crippen molar-refractivity contribution in [1.29, 1.82) is 0 Å². The van der Waals surface area contributed by atoms with E-state index >= 15 is 0 Å². The number of carboxylic acid groups (broad SMARTS) is 2. The maximum absolute atomic E-state index is 12.1. The number of hydrogen-bond acceptors (Lipinski definition) is 8. The van der Waals surface area contributed by atoms with Crippen molar-refractivity contribution in [2.24, 2.45) is 0 Å². The molecule has 4 aromatic carbocycles. The first-order valence-corrected chi connectivity index (χ1v) is 16.9. The molecule has 10 heteroatoms. The molecule has 0 radical (unpaired) electrons. The highest BCUT2D eigenvalue weighted by atomic mass is 16.5. The van der Waals surface area contributed by atoms with E-state index in [1.807, 2.05) is 54.6 Å². The van der Waals surface area contributed by atoms with Crippen LogP contribution in [-0.2, 0) is 34.3 Å². The van der Waals surface area contributed by atoms with Gasteiger partial charge in [0.15, 0.2) is 34.6 Å². The van der Waals surface area contributed by atoms with Gasteiger partial charge in [0.05, 0.1) is 33.9 Å². The Labute approximate surface area is 295 Å². The number of Topliss-reactive ketones (excluding diaryl/α,β-unsaturated/α-hetero) is 2. The molecule has 4 aromatic rings. The maximum Gasteiger partial charge on any atom is 0.314 e. The first kappa shape index (κ1) is 35.2. The average molecular weight is 693 g/mol. The lowest BCUT2D eigenvalue weighted by molar-refractivity contribution is -0.140. The van der Waals surface area contributed by atoms with Gasteiger partial charge in [-0.3, -0.25) is 19.2 Å². The molecule has 1 fully saturated rings. The van der Waals surface area contributed by atoms with Gasteiger partial charge in [-0.1, -0.05) is 48.5 Å². The van der Waals surface area contributed by atoms with Crippen LogP contribution in [0.25, 0.3) is 22.3 Å². The summed E-state index contributed by atoms with van der Waals surface area (Å²) in [5.41, 5.74) is 7.58. The monoisotopic (exact) mass is 692 g/mol. The number of ketones is 2. The van der Waals surface area contributed by atoms with Crippen molar-refractivity contribution in [3.8, 4) is 45.3 Å². The largest absolute Gasteiger partial charge is 0.493 e. The third kappa shape index (κ3) is 6.30. The lowest BCUT2D eigenvalue weighted by Gasteiger charge is -2.22. The average Bonchev–Trinajstić information content (AvgIpc) is 3.75.